The summed E-state index contributed by atoms with van der Waals surface area (Å²) in [4.78, 5) is 13.4. The Kier molecular flexibility index (Phi) is 4.03. The minimum atomic E-state index is -0.677. The predicted octanol–water partition coefficient (Wildman–Crippen LogP) is 3.39. The van der Waals surface area contributed by atoms with Gasteiger partial charge >= 0.3 is 5.97 Å². The van der Waals surface area contributed by atoms with Crippen LogP contribution in [-0.4, -0.2) is 36.1 Å². The van der Waals surface area contributed by atoms with Crippen molar-refractivity contribution < 1.29 is 9.90 Å². The molecule has 1 N–H and O–H groups in total. The Labute approximate surface area is 127 Å². The summed E-state index contributed by atoms with van der Waals surface area (Å²) in [7, 11) is 2.20. The van der Waals surface area contributed by atoms with Gasteiger partial charge in [0.25, 0.3) is 0 Å². The van der Waals surface area contributed by atoms with Crippen LogP contribution in [0.25, 0.3) is 0 Å². The fourth-order valence-corrected chi connectivity index (χ4v) is 3.69. The molecule has 1 heterocycles. The lowest BCUT2D eigenvalue weighted by Gasteiger charge is -2.18. The highest BCUT2D eigenvalue weighted by Gasteiger charge is 2.45. The number of carboxylic acid groups (broad SMARTS) is 1. The van der Waals surface area contributed by atoms with Crippen molar-refractivity contribution in [2.45, 2.75) is 49.9 Å². The lowest BCUT2D eigenvalue weighted by atomic mass is 9.87. The van der Waals surface area contributed by atoms with E-state index in [1.165, 1.54) is 43.5 Å². The quantitative estimate of drug-likeness (QED) is 0.922. The van der Waals surface area contributed by atoms with Crippen LogP contribution in [0.15, 0.2) is 24.3 Å². The highest BCUT2D eigenvalue weighted by atomic mass is 16.4. The Bertz CT molecular complexity index is 504. The first-order valence-corrected chi connectivity index (χ1v) is 8.10. The molecule has 0 spiro atoms. The van der Waals surface area contributed by atoms with Crippen molar-refractivity contribution in [3.05, 3.63) is 35.4 Å². The predicted molar refractivity (Wildman–Crippen MR) is 83.7 cm³/mol. The molecule has 114 valence electrons. The molecule has 1 aliphatic heterocycles. The summed E-state index contributed by atoms with van der Waals surface area (Å²) >= 11 is 0. The van der Waals surface area contributed by atoms with Crippen molar-refractivity contribution in [1.29, 1.82) is 0 Å². The molecule has 2 fully saturated rings. The number of rotatable bonds is 4. The van der Waals surface area contributed by atoms with Crippen molar-refractivity contribution >= 4 is 5.97 Å². The van der Waals surface area contributed by atoms with E-state index in [0.717, 1.165) is 12.8 Å². The molecule has 0 bridgehead atoms. The smallest absolute Gasteiger partial charge is 0.304 e. The summed E-state index contributed by atoms with van der Waals surface area (Å²) in [6.07, 6.45) is 6.09. The van der Waals surface area contributed by atoms with E-state index in [1.807, 2.05) is 0 Å². The van der Waals surface area contributed by atoms with Gasteiger partial charge < -0.3 is 10.0 Å². The standard InChI is InChI=1S/C18H25NO2/c1-19-11-2-3-14(8-12-19)15-4-6-16(7-5-15)18(9-10-18)13-17(20)21/h4-7,14H,2-3,8-13H2,1H3,(H,20,21). The van der Waals surface area contributed by atoms with Gasteiger partial charge in [-0.25, -0.2) is 0 Å². The van der Waals surface area contributed by atoms with Gasteiger partial charge in [-0.3, -0.25) is 4.79 Å². The fourth-order valence-electron chi connectivity index (χ4n) is 3.69. The Hall–Kier alpha value is -1.35. The summed E-state index contributed by atoms with van der Waals surface area (Å²) in [5.74, 6) is -0.0120. The number of carboxylic acids is 1. The van der Waals surface area contributed by atoms with Crippen molar-refractivity contribution in [2.24, 2.45) is 0 Å². The van der Waals surface area contributed by atoms with E-state index in [0.29, 0.717) is 5.92 Å². The zero-order valence-electron chi connectivity index (χ0n) is 12.8. The summed E-state index contributed by atoms with van der Waals surface area (Å²) < 4.78 is 0. The molecule has 3 nitrogen and oxygen atoms in total. The van der Waals surface area contributed by atoms with E-state index < -0.39 is 5.97 Å². The summed E-state index contributed by atoms with van der Waals surface area (Å²) in [6, 6.07) is 8.85. The number of hydrogen-bond donors (Lipinski definition) is 1. The van der Waals surface area contributed by atoms with Gasteiger partial charge in [0, 0.05) is 5.41 Å². The molecule has 1 aromatic carbocycles. The Morgan fingerprint density at radius 3 is 2.57 bits per heavy atom. The van der Waals surface area contributed by atoms with Gasteiger partial charge in [0.15, 0.2) is 0 Å². The van der Waals surface area contributed by atoms with Gasteiger partial charge in [-0.15, -0.1) is 0 Å². The first kappa shape index (κ1) is 14.6. The van der Waals surface area contributed by atoms with Gasteiger partial charge in [0.1, 0.15) is 0 Å². The number of benzene rings is 1. The Balaban J connectivity index is 1.71. The number of hydrogen-bond acceptors (Lipinski definition) is 2. The van der Waals surface area contributed by atoms with Crippen LogP contribution < -0.4 is 0 Å². The lowest BCUT2D eigenvalue weighted by molar-refractivity contribution is -0.137. The number of nitrogens with zero attached hydrogens (tertiary/aromatic N) is 1. The molecule has 3 heteroatoms. The van der Waals surface area contributed by atoms with E-state index in [9.17, 15) is 4.79 Å². The average Bonchev–Trinajstić information content (AvgIpc) is 3.24. The minimum absolute atomic E-state index is 0.0615. The molecule has 1 atom stereocenters. The van der Waals surface area contributed by atoms with E-state index in [2.05, 4.69) is 36.2 Å². The topological polar surface area (TPSA) is 40.5 Å². The van der Waals surface area contributed by atoms with Gasteiger partial charge in [-0.1, -0.05) is 24.3 Å². The summed E-state index contributed by atoms with van der Waals surface area (Å²) in [5, 5.41) is 9.06. The molecule has 3 rings (SSSR count). The second-order valence-corrected chi connectivity index (χ2v) is 6.90. The summed E-state index contributed by atoms with van der Waals surface area (Å²) in [6.45, 7) is 2.38. The van der Waals surface area contributed by atoms with Crippen LogP contribution in [-0.2, 0) is 10.2 Å². The van der Waals surface area contributed by atoms with Crippen LogP contribution in [0.3, 0.4) is 0 Å². The van der Waals surface area contributed by atoms with Crippen molar-refractivity contribution in [3.8, 4) is 0 Å². The molecule has 1 aliphatic carbocycles. The van der Waals surface area contributed by atoms with Crippen LogP contribution in [0, 0.1) is 0 Å². The zero-order valence-corrected chi connectivity index (χ0v) is 12.8. The maximum absolute atomic E-state index is 11.0. The molecule has 1 saturated heterocycles. The molecular weight excluding hydrogens is 262 g/mol. The minimum Gasteiger partial charge on any atom is -0.481 e. The third-order valence-corrected chi connectivity index (χ3v) is 5.29. The van der Waals surface area contributed by atoms with E-state index in [-0.39, 0.29) is 11.8 Å². The van der Waals surface area contributed by atoms with E-state index in [4.69, 9.17) is 5.11 Å². The second kappa shape index (κ2) is 5.80. The number of likely N-dealkylation sites (tertiary alicyclic amines) is 1. The zero-order chi connectivity index (χ0) is 14.9. The molecule has 2 aliphatic rings. The van der Waals surface area contributed by atoms with Crippen LogP contribution in [0.4, 0.5) is 0 Å². The second-order valence-electron chi connectivity index (χ2n) is 6.90. The molecule has 0 aromatic heterocycles. The highest BCUT2D eigenvalue weighted by Crippen LogP contribution is 2.51. The van der Waals surface area contributed by atoms with Crippen LogP contribution in [0.2, 0.25) is 0 Å². The van der Waals surface area contributed by atoms with Gasteiger partial charge in [-0.2, -0.15) is 0 Å². The molecule has 0 amide bonds. The number of carbonyl (C=O) groups is 1. The molecule has 1 aromatic rings. The molecule has 0 radical (unpaired) electrons. The normalized spacial score (nSPS) is 25.3. The molecule has 1 unspecified atom stereocenters. The first-order chi connectivity index (χ1) is 10.1. The van der Waals surface area contributed by atoms with Gasteiger partial charge in [0.2, 0.25) is 0 Å². The van der Waals surface area contributed by atoms with Crippen molar-refractivity contribution in [1.82, 2.24) is 4.90 Å². The molecule has 1 saturated carbocycles. The Morgan fingerprint density at radius 1 is 1.24 bits per heavy atom. The van der Waals surface area contributed by atoms with Gasteiger partial charge in [0.05, 0.1) is 6.42 Å². The third-order valence-electron chi connectivity index (χ3n) is 5.29. The third kappa shape index (κ3) is 3.29. The first-order valence-electron chi connectivity index (χ1n) is 8.10. The largest absolute Gasteiger partial charge is 0.481 e. The van der Waals surface area contributed by atoms with E-state index >= 15 is 0 Å². The maximum Gasteiger partial charge on any atom is 0.304 e. The maximum atomic E-state index is 11.0. The van der Waals surface area contributed by atoms with Crippen LogP contribution >= 0.6 is 0 Å². The highest BCUT2D eigenvalue weighted by molar-refractivity contribution is 5.70. The lowest BCUT2D eigenvalue weighted by Crippen LogP contribution is -2.18. The van der Waals surface area contributed by atoms with Crippen LogP contribution in [0.5, 0.6) is 0 Å². The summed E-state index contributed by atoms with van der Waals surface area (Å²) in [5.41, 5.74) is 2.59. The number of aliphatic carboxylic acids is 1. The van der Waals surface area contributed by atoms with Crippen LogP contribution in [0.1, 0.15) is 55.6 Å². The molecule has 21 heavy (non-hydrogen) atoms. The average molecular weight is 287 g/mol. The van der Waals surface area contributed by atoms with Crippen molar-refractivity contribution in [2.75, 3.05) is 20.1 Å². The van der Waals surface area contributed by atoms with E-state index in [1.54, 1.807) is 0 Å². The van der Waals surface area contributed by atoms with Crippen molar-refractivity contribution in [3.63, 3.8) is 0 Å². The monoisotopic (exact) mass is 287 g/mol. The molecular formula is C18H25NO2. The SMILES string of the molecule is CN1CCCC(c2ccc(C3(CC(=O)O)CC3)cc2)CC1. The Morgan fingerprint density at radius 2 is 1.95 bits per heavy atom. The fraction of sp³-hybridized carbons (Fsp3) is 0.611. The van der Waals surface area contributed by atoms with Gasteiger partial charge in [-0.05, 0) is 69.3 Å².